The van der Waals surface area contributed by atoms with E-state index in [1.807, 2.05) is 72.8 Å². The summed E-state index contributed by atoms with van der Waals surface area (Å²) in [4.78, 5) is 23.2. The van der Waals surface area contributed by atoms with Gasteiger partial charge in [-0.15, -0.1) is 0 Å². The Kier molecular flexibility index (Phi) is 6.96. The number of anilines is 1. The number of benzene rings is 3. The zero-order valence-electron chi connectivity index (χ0n) is 15.7. The average Bonchev–Trinajstić information content (AvgIpc) is 2.74. The molecule has 2 amide bonds. The van der Waals surface area contributed by atoms with Crippen molar-refractivity contribution in [1.82, 2.24) is 5.32 Å². The van der Waals surface area contributed by atoms with E-state index in [2.05, 4.69) is 22.8 Å². The van der Waals surface area contributed by atoms with Gasteiger partial charge in [-0.2, -0.15) is 0 Å². The number of aldehydes is 1. The predicted molar refractivity (Wildman–Crippen MR) is 113 cm³/mol. The van der Waals surface area contributed by atoms with Crippen LogP contribution in [0.15, 0.2) is 84.9 Å². The van der Waals surface area contributed by atoms with E-state index in [0.717, 1.165) is 28.7 Å². The van der Waals surface area contributed by atoms with E-state index in [4.69, 9.17) is 0 Å². The summed E-state index contributed by atoms with van der Waals surface area (Å²) >= 11 is 0. The molecule has 0 radical (unpaired) electrons. The summed E-state index contributed by atoms with van der Waals surface area (Å²) in [5, 5.41) is 5.86. The smallest absolute Gasteiger partial charge is 0.319 e. The number of nitrogens with one attached hydrogen (secondary N) is 2. The molecule has 0 aromatic heterocycles. The topological polar surface area (TPSA) is 58.2 Å². The van der Waals surface area contributed by atoms with Crippen LogP contribution in [0.4, 0.5) is 10.5 Å². The summed E-state index contributed by atoms with van der Waals surface area (Å²) in [5.41, 5.74) is 4.09. The molecule has 4 nitrogen and oxygen atoms in total. The van der Waals surface area contributed by atoms with Gasteiger partial charge in [-0.05, 0) is 41.7 Å². The number of urea groups is 1. The van der Waals surface area contributed by atoms with Crippen molar-refractivity contribution >= 4 is 18.0 Å². The fourth-order valence-electron chi connectivity index (χ4n) is 3.12. The van der Waals surface area contributed by atoms with Crippen molar-refractivity contribution in [2.24, 2.45) is 0 Å². The van der Waals surface area contributed by atoms with E-state index in [1.165, 1.54) is 0 Å². The summed E-state index contributed by atoms with van der Waals surface area (Å²) in [6.45, 7) is 0. The SMILES string of the molecule is O=CCCC(Cc1ccccc1)NC(=O)Nc1ccc(-c2ccccc2)cc1. The van der Waals surface area contributed by atoms with Crippen LogP contribution in [-0.2, 0) is 11.2 Å². The fraction of sp³-hybridized carbons (Fsp3) is 0.167. The van der Waals surface area contributed by atoms with Crippen molar-refractivity contribution < 1.29 is 9.59 Å². The molecule has 4 heteroatoms. The normalized spacial score (nSPS) is 11.4. The molecule has 3 aromatic carbocycles. The van der Waals surface area contributed by atoms with Gasteiger partial charge >= 0.3 is 6.03 Å². The number of carbonyl (C=O) groups excluding carboxylic acids is 2. The van der Waals surface area contributed by atoms with Gasteiger partial charge in [0, 0.05) is 18.2 Å². The van der Waals surface area contributed by atoms with Gasteiger partial charge in [0.1, 0.15) is 6.29 Å². The minimum absolute atomic E-state index is 0.101. The van der Waals surface area contributed by atoms with Crippen molar-refractivity contribution in [2.75, 3.05) is 5.32 Å². The highest BCUT2D eigenvalue weighted by Crippen LogP contribution is 2.21. The third-order valence-corrected chi connectivity index (χ3v) is 4.54. The van der Waals surface area contributed by atoms with Crippen LogP contribution < -0.4 is 10.6 Å². The van der Waals surface area contributed by atoms with Crippen LogP contribution in [0.25, 0.3) is 11.1 Å². The van der Waals surface area contributed by atoms with Gasteiger partial charge < -0.3 is 15.4 Å². The molecule has 0 fully saturated rings. The monoisotopic (exact) mass is 372 g/mol. The van der Waals surface area contributed by atoms with E-state index in [0.29, 0.717) is 19.3 Å². The Labute approximate surface area is 165 Å². The second-order valence-electron chi connectivity index (χ2n) is 6.67. The van der Waals surface area contributed by atoms with Crippen LogP contribution in [0.5, 0.6) is 0 Å². The minimum Gasteiger partial charge on any atom is -0.335 e. The Morgan fingerprint density at radius 3 is 2.07 bits per heavy atom. The number of hydrogen-bond acceptors (Lipinski definition) is 2. The van der Waals surface area contributed by atoms with Gasteiger partial charge in [0.2, 0.25) is 0 Å². The van der Waals surface area contributed by atoms with E-state index in [-0.39, 0.29) is 12.1 Å². The van der Waals surface area contributed by atoms with Crippen LogP contribution in [0.2, 0.25) is 0 Å². The van der Waals surface area contributed by atoms with Crippen molar-refractivity contribution in [2.45, 2.75) is 25.3 Å². The summed E-state index contributed by atoms with van der Waals surface area (Å²) in [6.07, 6.45) is 2.61. The fourth-order valence-corrected chi connectivity index (χ4v) is 3.12. The van der Waals surface area contributed by atoms with Gasteiger partial charge in [-0.1, -0.05) is 72.8 Å². The maximum absolute atomic E-state index is 12.4. The van der Waals surface area contributed by atoms with E-state index in [9.17, 15) is 9.59 Å². The molecule has 3 aromatic rings. The number of carbonyl (C=O) groups is 2. The van der Waals surface area contributed by atoms with Crippen LogP contribution in [0, 0.1) is 0 Å². The first-order chi connectivity index (χ1) is 13.7. The lowest BCUT2D eigenvalue weighted by Gasteiger charge is -2.18. The Morgan fingerprint density at radius 1 is 0.821 bits per heavy atom. The molecule has 0 saturated carbocycles. The lowest BCUT2D eigenvalue weighted by atomic mass is 10.0. The minimum atomic E-state index is -0.265. The van der Waals surface area contributed by atoms with Crippen LogP contribution in [-0.4, -0.2) is 18.4 Å². The first kappa shape index (κ1) is 19.4. The van der Waals surface area contributed by atoms with Crippen molar-refractivity contribution in [3.8, 4) is 11.1 Å². The summed E-state index contributed by atoms with van der Waals surface area (Å²) in [7, 11) is 0. The average molecular weight is 372 g/mol. The Bertz CT molecular complexity index is 877. The lowest BCUT2D eigenvalue weighted by molar-refractivity contribution is -0.108. The lowest BCUT2D eigenvalue weighted by Crippen LogP contribution is -2.39. The summed E-state index contributed by atoms with van der Waals surface area (Å²) in [6, 6.07) is 27.4. The van der Waals surface area contributed by atoms with Crippen LogP contribution in [0.3, 0.4) is 0 Å². The van der Waals surface area contributed by atoms with Gasteiger partial charge in [0.05, 0.1) is 0 Å². The molecule has 0 aliphatic heterocycles. The standard InChI is InChI=1S/C24H24N2O2/c27-17-7-12-23(18-19-8-3-1-4-9-19)26-24(28)25-22-15-13-21(14-16-22)20-10-5-2-6-11-20/h1-6,8-11,13-17,23H,7,12,18H2,(H2,25,26,28). The Balaban J connectivity index is 1.59. The molecule has 28 heavy (non-hydrogen) atoms. The second kappa shape index (κ2) is 10.1. The van der Waals surface area contributed by atoms with Gasteiger partial charge in [-0.25, -0.2) is 4.79 Å². The third-order valence-electron chi connectivity index (χ3n) is 4.54. The largest absolute Gasteiger partial charge is 0.335 e. The summed E-state index contributed by atoms with van der Waals surface area (Å²) in [5.74, 6) is 0. The molecule has 0 aliphatic carbocycles. The molecule has 2 N–H and O–H groups in total. The zero-order valence-corrected chi connectivity index (χ0v) is 15.7. The number of rotatable bonds is 8. The van der Waals surface area contributed by atoms with Gasteiger partial charge in [0.25, 0.3) is 0 Å². The third kappa shape index (κ3) is 5.81. The molecule has 1 unspecified atom stereocenters. The molecule has 1 atom stereocenters. The highest BCUT2D eigenvalue weighted by atomic mass is 16.2. The number of hydrogen-bond donors (Lipinski definition) is 2. The maximum atomic E-state index is 12.4. The van der Waals surface area contributed by atoms with Crippen LogP contribution >= 0.6 is 0 Å². The second-order valence-corrected chi connectivity index (χ2v) is 6.67. The molecule has 0 spiro atoms. The van der Waals surface area contributed by atoms with E-state index < -0.39 is 0 Å². The molecule has 0 bridgehead atoms. The first-order valence-corrected chi connectivity index (χ1v) is 9.45. The highest BCUT2D eigenvalue weighted by Gasteiger charge is 2.13. The van der Waals surface area contributed by atoms with E-state index in [1.54, 1.807) is 0 Å². The molecular formula is C24H24N2O2. The molecule has 0 saturated heterocycles. The van der Waals surface area contributed by atoms with Gasteiger partial charge in [0.15, 0.2) is 0 Å². The molecule has 142 valence electrons. The zero-order chi connectivity index (χ0) is 19.6. The van der Waals surface area contributed by atoms with E-state index >= 15 is 0 Å². The first-order valence-electron chi connectivity index (χ1n) is 9.45. The Morgan fingerprint density at radius 2 is 1.43 bits per heavy atom. The highest BCUT2D eigenvalue weighted by molar-refractivity contribution is 5.89. The quantitative estimate of drug-likeness (QED) is 0.543. The van der Waals surface area contributed by atoms with Crippen molar-refractivity contribution in [1.29, 1.82) is 0 Å². The molecule has 0 heterocycles. The van der Waals surface area contributed by atoms with Gasteiger partial charge in [-0.3, -0.25) is 0 Å². The van der Waals surface area contributed by atoms with Crippen molar-refractivity contribution in [3.05, 3.63) is 90.5 Å². The predicted octanol–water partition coefficient (Wildman–Crippen LogP) is 5.07. The summed E-state index contributed by atoms with van der Waals surface area (Å²) < 4.78 is 0. The van der Waals surface area contributed by atoms with Crippen molar-refractivity contribution in [3.63, 3.8) is 0 Å². The number of amides is 2. The maximum Gasteiger partial charge on any atom is 0.319 e. The van der Waals surface area contributed by atoms with Crippen LogP contribution in [0.1, 0.15) is 18.4 Å². The molecule has 0 aliphatic rings. The molecule has 3 rings (SSSR count). The molecular weight excluding hydrogens is 348 g/mol. The Hall–Kier alpha value is -3.40.